The van der Waals surface area contributed by atoms with Crippen LogP contribution < -0.4 is 5.49 Å². The molecule has 96 valence electrons. The summed E-state index contributed by atoms with van der Waals surface area (Å²) in [6, 6.07) is 15.4. The maximum atomic E-state index is 9.37. The van der Waals surface area contributed by atoms with Gasteiger partial charge in [-0.25, -0.2) is 4.98 Å². The second kappa shape index (κ2) is 4.63. The summed E-state index contributed by atoms with van der Waals surface area (Å²) < 4.78 is 1.64. The number of rotatable bonds is 1. The van der Waals surface area contributed by atoms with Gasteiger partial charge < -0.3 is 0 Å². The second-order valence-corrected chi connectivity index (χ2v) is 4.60. The number of pyridine rings is 1. The molecular formula is C16H12N4. The fourth-order valence-electron chi connectivity index (χ4n) is 2.18. The number of nitrogens with zero attached hydrogens (tertiary/aromatic N) is 3. The van der Waals surface area contributed by atoms with E-state index in [9.17, 15) is 5.26 Å². The summed E-state index contributed by atoms with van der Waals surface area (Å²) >= 11 is 0. The maximum Gasteiger partial charge on any atom is 0.151 e. The lowest BCUT2D eigenvalue weighted by atomic mass is 10.1. The van der Waals surface area contributed by atoms with Crippen LogP contribution in [0.5, 0.6) is 0 Å². The molecule has 1 N–H and O–H groups in total. The molecule has 0 unspecified atom stereocenters. The van der Waals surface area contributed by atoms with Crippen LogP contribution in [0, 0.1) is 23.7 Å². The summed E-state index contributed by atoms with van der Waals surface area (Å²) in [5, 5.41) is 17.6. The van der Waals surface area contributed by atoms with Crippen molar-refractivity contribution in [3.8, 4) is 17.3 Å². The fourth-order valence-corrected chi connectivity index (χ4v) is 2.18. The average molecular weight is 260 g/mol. The van der Waals surface area contributed by atoms with E-state index in [0.29, 0.717) is 16.9 Å². The van der Waals surface area contributed by atoms with Gasteiger partial charge in [-0.2, -0.15) is 5.26 Å². The standard InChI is InChI=1S/C16H12N4/c1-11-7-8-14-19-15(12-5-3-2-4-6-12)13(9-17)16(18)20(14)10-11/h2-8,10,18H,1H3. The Kier molecular flexibility index (Phi) is 2.81. The lowest BCUT2D eigenvalue weighted by Gasteiger charge is -2.08. The number of nitriles is 1. The first-order valence-corrected chi connectivity index (χ1v) is 6.24. The molecule has 0 fully saturated rings. The fraction of sp³-hybridized carbons (Fsp3) is 0.0625. The molecular weight excluding hydrogens is 248 g/mol. The number of benzene rings is 1. The maximum absolute atomic E-state index is 9.37. The highest BCUT2D eigenvalue weighted by Crippen LogP contribution is 2.19. The van der Waals surface area contributed by atoms with Gasteiger partial charge in [-0.3, -0.25) is 9.81 Å². The van der Waals surface area contributed by atoms with Gasteiger partial charge in [0, 0.05) is 11.8 Å². The van der Waals surface area contributed by atoms with Gasteiger partial charge in [0.15, 0.2) is 5.49 Å². The third kappa shape index (κ3) is 1.86. The van der Waals surface area contributed by atoms with Gasteiger partial charge in [0.05, 0.1) is 5.69 Å². The first kappa shape index (κ1) is 12.1. The van der Waals surface area contributed by atoms with Gasteiger partial charge in [0.2, 0.25) is 0 Å². The van der Waals surface area contributed by atoms with Crippen LogP contribution in [0.15, 0.2) is 48.7 Å². The predicted octanol–water partition coefficient (Wildman–Crippen LogP) is 2.66. The molecule has 0 aliphatic rings. The highest BCUT2D eigenvalue weighted by Gasteiger charge is 2.11. The molecule has 3 rings (SSSR count). The highest BCUT2D eigenvalue weighted by molar-refractivity contribution is 5.68. The molecule has 2 aromatic heterocycles. The number of hydrogen-bond acceptors (Lipinski definition) is 3. The van der Waals surface area contributed by atoms with Crippen LogP contribution >= 0.6 is 0 Å². The summed E-state index contributed by atoms with van der Waals surface area (Å²) in [6.45, 7) is 1.95. The molecule has 1 aromatic carbocycles. The Labute approximate surface area is 116 Å². The van der Waals surface area contributed by atoms with Gasteiger partial charge in [0.1, 0.15) is 17.3 Å². The van der Waals surface area contributed by atoms with E-state index < -0.39 is 0 Å². The van der Waals surface area contributed by atoms with Crippen molar-refractivity contribution in [3.05, 3.63) is 65.3 Å². The minimum atomic E-state index is 0.167. The Hall–Kier alpha value is -2.93. The lowest BCUT2D eigenvalue weighted by Crippen LogP contribution is -2.20. The zero-order chi connectivity index (χ0) is 14.1. The van der Waals surface area contributed by atoms with Gasteiger partial charge in [-0.1, -0.05) is 36.4 Å². The molecule has 4 heteroatoms. The molecule has 0 atom stereocenters. The van der Waals surface area contributed by atoms with E-state index in [2.05, 4.69) is 11.1 Å². The zero-order valence-electron chi connectivity index (χ0n) is 11.0. The molecule has 0 radical (unpaired) electrons. The highest BCUT2D eigenvalue weighted by atomic mass is 15.0. The van der Waals surface area contributed by atoms with Crippen molar-refractivity contribution in [2.24, 2.45) is 0 Å². The molecule has 0 amide bonds. The van der Waals surface area contributed by atoms with E-state index in [1.807, 2.05) is 55.6 Å². The van der Waals surface area contributed by atoms with Crippen LogP contribution in [-0.2, 0) is 0 Å². The molecule has 2 heterocycles. The Morgan fingerprint density at radius 1 is 1.15 bits per heavy atom. The SMILES string of the molecule is Cc1ccc2nc(-c3ccccc3)c(C#N)c(=N)n2c1. The quantitative estimate of drug-likeness (QED) is 0.731. The van der Waals surface area contributed by atoms with E-state index in [1.54, 1.807) is 4.40 Å². The Balaban J connectivity index is 2.43. The summed E-state index contributed by atoms with van der Waals surface area (Å²) in [6.07, 6.45) is 1.82. The number of nitrogens with one attached hydrogen (secondary N) is 1. The van der Waals surface area contributed by atoms with Crippen molar-refractivity contribution >= 4 is 5.65 Å². The van der Waals surface area contributed by atoms with Crippen molar-refractivity contribution in [3.63, 3.8) is 0 Å². The average Bonchev–Trinajstić information content (AvgIpc) is 2.48. The van der Waals surface area contributed by atoms with E-state index >= 15 is 0 Å². The van der Waals surface area contributed by atoms with Crippen LogP contribution in [0.3, 0.4) is 0 Å². The molecule has 0 saturated heterocycles. The molecule has 20 heavy (non-hydrogen) atoms. The summed E-state index contributed by atoms with van der Waals surface area (Å²) in [5.41, 5.74) is 3.55. The van der Waals surface area contributed by atoms with E-state index in [4.69, 9.17) is 5.41 Å². The van der Waals surface area contributed by atoms with Crippen molar-refractivity contribution in [1.29, 1.82) is 10.7 Å². The van der Waals surface area contributed by atoms with Gasteiger partial charge >= 0.3 is 0 Å². The first-order chi connectivity index (χ1) is 9.70. The van der Waals surface area contributed by atoms with Gasteiger partial charge in [0.25, 0.3) is 0 Å². The van der Waals surface area contributed by atoms with Crippen LogP contribution in [0.4, 0.5) is 0 Å². The number of aryl methyl sites for hydroxylation is 1. The van der Waals surface area contributed by atoms with Crippen molar-refractivity contribution < 1.29 is 0 Å². The number of fused-ring (bicyclic) bond motifs is 1. The molecule has 3 aromatic rings. The van der Waals surface area contributed by atoms with Crippen molar-refractivity contribution in [2.75, 3.05) is 0 Å². The molecule has 0 aliphatic heterocycles. The Morgan fingerprint density at radius 3 is 2.60 bits per heavy atom. The van der Waals surface area contributed by atoms with E-state index in [-0.39, 0.29) is 5.49 Å². The number of hydrogen-bond donors (Lipinski definition) is 1. The van der Waals surface area contributed by atoms with Gasteiger partial charge in [-0.15, -0.1) is 0 Å². The second-order valence-electron chi connectivity index (χ2n) is 4.60. The molecule has 4 nitrogen and oxygen atoms in total. The third-order valence-electron chi connectivity index (χ3n) is 3.17. The largest absolute Gasteiger partial charge is 0.285 e. The summed E-state index contributed by atoms with van der Waals surface area (Å²) in [7, 11) is 0. The predicted molar refractivity (Wildman–Crippen MR) is 75.9 cm³/mol. The zero-order valence-corrected chi connectivity index (χ0v) is 11.0. The van der Waals surface area contributed by atoms with Crippen molar-refractivity contribution in [2.45, 2.75) is 6.92 Å². The summed E-state index contributed by atoms with van der Waals surface area (Å²) in [4.78, 5) is 4.54. The minimum absolute atomic E-state index is 0.167. The molecule has 0 bridgehead atoms. The van der Waals surface area contributed by atoms with E-state index in [1.165, 1.54) is 0 Å². The summed E-state index contributed by atoms with van der Waals surface area (Å²) in [5.74, 6) is 0. The monoisotopic (exact) mass is 260 g/mol. The molecule has 0 saturated carbocycles. The van der Waals surface area contributed by atoms with Crippen LogP contribution in [0.1, 0.15) is 11.1 Å². The van der Waals surface area contributed by atoms with Gasteiger partial charge in [-0.05, 0) is 18.6 Å². The molecule has 0 spiro atoms. The first-order valence-electron chi connectivity index (χ1n) is 6.24. The normalized spacial score (nSPS) is 10.4. The Bertz CT molecular complexity index is 886. The smallest absolute Gasteiger partial charge is 0.151 e. The van der Waals surface area contributed by atoms with E-state index in [0.717, 1.165) is 11.1 Å². The Morgan fingerprint density at radius 2 is 1.90 bits per heavy atom. The minimum Gasteiger partial charge on any atom is -0.285 e. The van der Waals surface area contributed by atoms with Crippen LogP contribution in [0.25, 0.3) is 16.9 Å². The number of aromatic nitrogens is 2. The topological polar surface area (TPSA) is 64.9 Å². The van der Waals surface area contributed by atoms with Crippen molar-refractivity contribution in [1.82, 2.24) is 9.38 Å². The molecule has 0 aliphatic carbocycles. The van der Waals surface area contributed by atoms with Crippen LogP contribution in [0.2, 0.25) is 0 Å². The third-order valence-corrected chi connectivity index (χ3v) is 3.17. The van der Waals surface area contributed by atoms with Crippen LogP contribution in [-0.4, -0.2) is 9.38 Å². The lowest BCUT2D eigenvalue weighted by molar-refractivity contribution is 0.956.